The molecule has 0 spiro atoms. The second kappa shape index (κ2) is 8.44. The Morgan fingerprint density at radius 1 is 1.18 bits per heavy atom. The minimum atomic E-state index is -0.628. The lowest BCUT2D eigenvalue weighted by molar-refractivity contribution is -0.151. The molecule has 1 aliphatic heterocycles. The largest absolute Gasteiger partial charge is 0.455 e. The quantitative estimate of drug-likeness (QED) is 0.779. The van der Waals surface area contributed by atoms with Crippen molar-refractivity contribution in [1.29, 1.82) is 0 Å². The molecule has 0 saturated carbocycles. The van der Waals surface area contributed by atoms with Crippen LogP contribution in [-0.4, -0.2) is 30.9 Å². The predicted molar refractivity (Wildman–Crippen MR) is 107 cm³/mol. The molecule has 1 saturated heterocycles. The number of halogens is 1. The summed E-state index contributed by atoms with van der Waals surface area (Å²) < 4.78 is 5.13. The van der Waals surface area contributed by atoms with Crippen molar-refractivity contribution in [3.8, 4) is 0 Å². The molecule has 1 fully saturated rings. The number of rotatable bonds is 5. The van der Waals surface area contributed by atoms with Gasteiger partial charge in [0, 0.05) is 18.7 Å². The maximum atomic E-state index is 12.3. The Hall–Kier alpha value is -2.86. The van der Waals surface area contributed by atoms with Gasteiger partial charge in [-0.2, -0.15) is 0 Å². The standard InChI is InChI=1S/C21H21ClN2O4/c1-13-6-5-8-17(14(13)2)23-19(25)12-28-21(27)15-10-20(26)24(11-15)18-9-4-3-7-16(18)22/h3-9,15H,10-12H2,1-2H3,(H,23,25)/t15-/m0/s1. The van der Waals surface area contributed by atoms with Crippen LogP contribution < -0.4 is 10.2 Å². The summed E-state index contributed by atoms with van der Waals surface area (Å²) in [5.41, 5.74) is 3.26. The molecule has 0 unspecified atom stereocenters. The normalized spacial score (nSPS) is 16.2. The Labute approximate surface area is 168 Å². The molecule has 1 atom stereocenters. The molecule has 28 heavy (non-hydrogen) atoms. The van der Waals surface area contributed by atoms with Gasteiger partial charge in [-0.1, -0.05) is 35.9 Å². The van der Waals surface area contributed by atoms with E-state index in [1.807, 2.05) is 26.0 Å². The zero-order valence-corrected chi connectivity index (χ0v) is 16.5. The van der Waals surface area contributed by atoms with Gasteiger partial charge in [0.2, 0.25) is 5.91 Å². The van der Waals surface area contributed by atoms with E-state index in [1.165, 1.54) is 4.90 Å². The van der Waals surface area contributed by atoms with Gasteiger partial charge in [-0.3, -0.25) is 14.4 Å². The number of esters is 1. The number of nitrogens with one attached hydrogen (secondary N) is 1. The topological polar surface area (TPSA) is 75.7 Å². The molecule has 2 aromatic rings. The summed E-state index contributed by atoms with van der Waals surface area (Å²) in [5.74, 6) is -1.82. The number of anilines is 2. The fourth-order valence-electron chi connectivity index (χ4n) is 3.10. The smallest absolute Gasteiger partial charge is 0.311 e. The highest BCUT2D eigenvalue weighted by molar-refractivity contribution is 6.33. The third-order valence-electron chi connectivity index (χ3n) is 4.83. The summed E-state index contributed by atoms with van der Waals surface area (Å²) in [6.45, 7) is 3.64. The summed E-state index contributed by atoms with van der Waals surface area (Å²) in [6, 6.07) is 12.5. The van der Waals surface area contributed by atoms with Gasteiger partial charge in [0.15, 0.2) is 6.61 Å². The third-order valence-corrected chi connectivity index (χ3v) is 5.15. The number of amides is 2. The minimum Gasteiger partial charge on any atom is -0.455 e. The van der Waals surface area contributed by atoms with Crippen molar-refractivity contribution in [2.75, 3.05) is 23.4 Å². The maximum Gasteiger partial charge on any atom is 0.311 e. The number of carbonyl (C=O) groups is 3. The first-order chi connectivity index (χ1) is 13.4. The van der Waals surface area contributed by atoms with Crippen LogP contribution in [0.3, 0.4) is 0 Å². The second-order valence-corrected chi connectivity index (χ2v) is 7.17. The first kappa shape index (κ1) is 19.9. The van der Waals surface area contributed by atoms with Crippen LogP contribution in [0.1, 0.15) is 17.5 Å². The fraction of sp³-hybridized carbons (Fsp3) is 0.286. The summed E-state index contributed by atoms with van der Waals surface area (Å²) in [4.78, 5) is 38.2. The fourth-order valence-corrected chi connectivity index (χ4v) is 3.33. The summed E-state index contributed by atoms with van der Waals surface area (Å²) in [5, 5.41) is 3.18. The first-order valence-corrected chi connectivity index (χ1v) is 9.32. The van der Waals surface area contributed by atoms with Crippen molar-refractivity contribution in [3.05, 3.63) is 58.6 Å². The second-order valence-electron chi connectivity index (χ2n) is 6.76. The van der Waals surface area contributed by atoms with E-state index in [0.29, 0.717) is 16.4 Å². The molecule has 0 aliphatic carbocycles. The molecule has 1 heterocycles. The number of nitrogens with zero attached hydrogens (tertiary/aromatic N) is 1. The van der Waals surface area contributed by atoms with Crippen molar-refractivity contribution in [2.24, 2.45) is 5.92 Å². The minimum absolute atomic E-state index is 0.0304. The molecule has 146 valence electrons. The van der Waals surface area contributed by atoms with Crippen molar-refractivity contribution in [2.45, 2.75) is 20.3 Å². The molecule has 2 aromatic carbocycles. The van der Waals surface area contributed by atoms with Gasteiger partial charge >= 0.3 is 5.97 Å². The third kappa shape index (κ3) is 4.34. The van der Waals surface area contributed by atoms with Gasteiger partial charge in [-0.15, -0.1) is 0 Å². The molecule has 1 N–H and O–H groups in total. The number of hydrogen-bond acceptors (Lipinski definition) is 4. The highest BCUT2D eigenvalue weighted by atomic mass is 35.5. The van der Waals surface area contributed by atoms with Crippen LogP contribution in [0.5, 0.6) is 0 Å². The van der Waals surface area contributed by atoms with Gasteiger partial charge in [0.1, 0.15) is 0 Å². The number of para-hydroxylation sites is 1. The van der Waals surface area contributed by atoms with Crippen LogP contribution in [0.25, 0.3) is 0 Å². The van der Waals surface area contributed by atoms with E-state index >= 15 is 0 Å². The van der Waals surface area contributed by atoms with Crippen LogP contribution in [0, 0.1) is 19.8 Å². The number of aryl methyl sites for hydroxylation is 1. The van der Waals surface area contributed by atoms with Crippen LogP contribution in [0.2, 0.25) is 5.02 Å². The molecule has 6 nitrogen and oxygen atoms in total. The summed E-state index contributed by atoms with van der Waals surface area (Å²) in [6.07, 6.45) is 0.0304. The lowest BCUT2D eigenvalue weighted by Gasteiger charge is -2.17. The maximum absolute atomic E-state index is 12.3. The molecule has 1 aliphatic rings. The van der Waals surface area contributed by atoms with Crippen molar-refractivity contribution in [1.82, 2.24) is 0 Å². The van der Waals surface area contributed by atoms with Crippen LogP contribution >= 0.6 is 11.6 Å². The predicted octanol–water partition coefficient (Wildman–Crippen LogP) is 3.49. The van der Waals surface area contributed by atoms with E-state index in [-0.39, 0.29) is 18.9 Å². The average molecular weight is 401 g/mol. The lowest BCUT2D eigenvalue weighted by Crippen LogP contribution is -2.28. The van der Waals surface area contributed by atoms with E-state index in [9.17, 15) is 14.4 Å². The number of hydrogen-bond donors (Lipinski definition) is 1. The van der Waals surface area contributed by atoms with E-state index in [1.54, 1.807) is 30.3 Å². The monoisotopic (exact) mass is 400 g/mol. The Balaban J connectivity index is 1.55. The number of carbonyl (C=O) groups excluding carboxylic acids is 3. The molecular formula is C21H21ClN2O4. The van der Waals surface area contributed by atoms with Crippen LogP contribution in [0.15, 0.2) is 42.5 Å². The summed E-state index contributed by atoms with van der Waals surface area (Å²) in [7, 11) is 0. The zero-order chi connectivity index (χ0) is 20.3. The molecule has 2 amide bonds. The molecule has 0 aromatic heterocycles. The zero-order valence-electron chi connectivity index (χ0n) is 15.7. The van der Waals surface area contributed by atoms with Crippen molar-refractivity contribution >= 4 is 40.8 Å². The van der Waals surface area contributed by atoms with Gasteiger partial charge in [-0.25, -0.2) is 0 Å². The van der Waals surface area contributed by atoms with Gasteiger partial charge in [-0.05, 0) is 43.2 Å². The Morgan fingerprint density at radius 3 is 2.68 bits per heavy atom. The van der Waals surface area contributed by atoms with Gasteiger partial charge in [0.05, 0.1) is 16.6 Å². The van der Waals surface area contributed by atoms with E-state index in [4.69, 9.17) is 16.3 Å². The number of ether oxygens (including phenoxy) is 1. The van der Waals surface area contributed by atoms with Crippen LogP contribution in [-0.2, 0) is 19.1 Å². The average Bonchev–Trinajstić information content (AvgIpc) is 3.05. The lowest BCUT2D eigenvalue weighted by atomic mass is 10.1. The highest BCUT2D eigenvalue weighted by Gasteiger charge is 2.37. The Kier molecular flexibility index (Phi) is 5.99. The SMILES string of the molecule is Cc1cccc(NC(=O)COC(=O)[C@H]2CC(=O)N(c3ccccc3Cl)C2)c1C. The highest BCUT2D eigenvalue weighted by Crippen LogP contribution is 2.31. The van der Waals surface area contributed by atoms with Crippen molar-refractivity contribution < 1.29 is 19.1 Å². The first-order valence-electron chi connectivity index (χ1n) is 8.94. The van der Waals surface area contributed by atoms with Gasteiger partial charge < -0.3 is 15.0 Å². The summed E-state index contributed by atoms with van der Waals surface area (Å²) >= 11 is 6.14. The van der Waals surface area contributed by atoms with Crippen LogP contribution in [0.4, 0.5) is 11.4 Å². The molecule has 0 bridgehead atoms. The Morgan fingerprint density at radius 2 is 1.93 bits per heavy atom. The number of benzene rings is 2. The van der Waals surface area contributed by atoms with E-state index in [0.717, 1.165) is 11.1 Å². The molecule has 3 rings (SSSR count). The van der Waals surface area contributed by atoms with Crippen molar-refractivity contribution in [3.63, 3.8) is 0 Å². The molecule has 7 heteroatoms. The van der Waals surface area contributed by atoms with Gasteiger partial charge in [0.25, 0.3) is 5.91 Å². The molecule has 0 radical (unpaired) electrons. The molecular weight excluding hydrogens is 380 g/mol. The van der Waals surface area contributed by atoms with E-state index < -0.39 is 24.4 Å². The van der Waals surface area contributed by atoms with E-state index in [2.05, 4.69) is 5.32 Å². The Bertz CT molecular complexity index is 928.